The van der Waals surface area contributed by atoms with Gasteiger partial charge in [0.15, 0.2) is 0 Å². The van der Waals surface area contributed by atoms with Gasteiger partial charge in [-0.15, -0.1) is 0 Å². The molecule has 5 nitrogen and oxygen atoms in total. The number of rotatable bonds is 5. The summed E-state index contributed by atoms with van der Waals surface area (Å²) >= 11 is 0. The number of hydrogen-bond acceptors (Lipinski definition) is 4. The highest BCUT2D eigenvalue weighted by atomic mass is 16.3. The SMILES string of the molecule is CCN(CC)C(C)C(O)c1ccc(O)c2[nH]c(=O)ccc12. The molecule has 0 saturated heterocycles. The molecule has 0 aliphatic rings. The van der Waals surface area contributed by atoms with Crippen molar-refractivity contribution < 1.29 is 10.2 Å². The Bertz CT molecular complexity index is 677. The van der Waals surface area contributed by atoms with Gasteiger partial charge in [-0.2, -0.15) is 0 Å². The number of pyridine rings is 1. The van der Waals surface area contributed by atoms with Crippen LogP contribution in [0.15, 0.2) is 29.1 Å². The molecule has 0 aliphatic heterocycles. The average Bonchev–Trinajstić information content (AvgIpc) is 2.48. The van der Waals surface area contributed by atoms with Gasteiger partial charge in [-0.25, -0.2) is 0 Å². The predicted octanol–water partition coefficient (Wildman–Crippen LogP) is 2.00. The number of phenols is 1. The van der Waals surface area contributed by atoms with E-state index in [1.807, 2.05) is 6.92 Å². The van der Waals surface area contributed by atoms with Crippen LogP contribution < -0.4 is 5.56 Å². The number of phenolic OH excluding ortho intramolecular Hbond substituents is 1. The fourth-order valence-electron chi connectivity index (χ4n) is 2.78. The van der Waals surface area contributed by atoms with Crippen molar-refractivity contribution in [3.63, 3.8) is 0 Å². The lowest BCUT2D eigenvalue weighted by Crippen LogP contribution is -2.37. The second kappa shape index (κ2) is 6.28. The number of benzene rings is 1. The molecular weight excluding hydrogens is 268 g/mol. The zero-order valence-electron chi connectivity index (χ0n) is 12.6. The zero-order chi connectivity index (χ0) is 15.6. The highest BCUT2D eigenvalue weighted by molar-refractivity contribution is 5.87. The van der Waals surface area contributed by atoms with Crippen molar-refractivity contribution in [2.45, 2.75) is 32.9 Å². The normalized spacial score (nSPS) is 14.5. The molecule has 2 unspecified atom stereocenters. The third-order valence-corrected chi connectivity index (χ3v) is 4.07. The number of H-pyrrole nitrogens is 1. The van der Waals surface area contributed by atoms with Gasteiger partial charge in [0.05, 0.1) is 11.6 Å². The van der Waals surface area contributed by atoms with E-state index < -0.39 is 6.10 Å². The van der Waals surface area contributed by atoms with Gasteiger partial charge in [0, 0.05) is 17.5 Å². The zero-order valence-corrected chi connectivity index (χ0v) is 12.6. The molecule has 0 radical (unpaired) electrons. The van der Waals surface area contributed by atoms with Gasteiger partial charge < -0.3 is 15.2 Å². The van der Waals surface area contributed by atoms with Crippen LogP contribution >= 0.6 is 0 Å². The van der Waals surface area contributed by atoms with E-state index in [1.165, 1.54) is 12.1 Å². The molecule has 0 fully saturated rings. The minimum atomic E-state index is -0.695. The van der Waals surface area contributed by atoms with Crippen LogP contribution in [-0.2, 0) is 0 Å². The van der Waals surface area contributed by atoms with Crippen LogP contribution in [0.2, 0.25) is 0 Å². The van der Waals surface area contributed by atoms with E-state index >= 15 is 0 Å². The standard InChI is InChI=1S/C16H22N2O3/c1-4-18(5-2)10(3)16(21)12-6-8-13(19)15-11(12)7-9-14(20)17-15/h6-10,16,19,21H,4-5H2,1-3H3,(H,17,20). The largest absolute Gasteiger partial charge is 0.506 e. The summed E-state index contributed by atoms with van der Waals surface area (Å²) in [5.41, 5.74) is 0.797. The molecular formula is C16H22N2O3. The number of aliphatic hydroxyl groups is 1. The number of nitrogens with zero attached hydrogens (tertiary/aromatic N) is 1. The van der Waals surface area contributed by atoms with Gasteiger partial charge in [0.2, 0.25) is 5.56 Å². The quantitative estimate of drug-likeness (QED) is 0.787. The van der Waals surface area contributed by atoms with Crippen LogP contribution in [0.1, 0.15) is 32.4 Å². The first-order valence-electron chi connectivity index (χ1n) is 7.26. The number of aromatic hydroxyl groups is 1. The van der Waals surface area contributed by atoms with Gasteiger partial charge >= 0.3 is 0 Å². The topological polar surface area (TPSA) is 76.6 Å². The van der Waals surface area contributed by atoms with Crippen molar-refractivity contribution in [1.82, 2.24) is 9.88 Å². The van der Waals surface area contributed by atoms with Gasteiger partial charge in [-0.1, -0.05) is 19.9 Å². The Balaban J connectivity index is 2.51. The van der Waals surface area contributed by atoms with E-state index in [2.05, 4.69) is 23.7 Å². The van der Waals surface area contributed by atoms with Crippen LogP contribution in [0.5, 0.6) is 5.75 Å². The molecule has 114 valence electrons. The van der Waals surface area contributed by atoms with Crippen LogP contribution in [0.3, 0.4) is 0 Å². The lowest BCUT2D eigenvalue weighted by molar-refractivity contribution is 0.0648. The van der Waals surface area contributed by atoms with Crippen LogP contribution in [0.4, 0.5) is 0 Å². The third-order valence-electron chi connectivity index (χ3n) is 4.07. The Hall–Kier alpha value is -1.85. The first kappa shape index (κ1) is 15.5. The molecule has 1 aromatic heterocycles. The molecule has 1 heterocycles. The minimum Gasteiger partial charge on any atom is -0.506 e. The van der Waals surface area contributed by atoms with Gasteiger partial charge in [0.1, 0.15) is 5.75 Å². The van der Waals surface area contributed by atoms with Crippen molar-refractivity contribution in [2.75, 3.05) is 13.1 Å². The van der Waals surface area contributed by atoms with E-state index in [4.69, 9.17) is 0 Å². The second-order valence-corrected chi connectivity index (χ2v) is 5.19. The number of fused-ring (bicyclic) bond motifs is 1. The molecule has 0 saturated carbocycles. The maximum atomic E-state index is 11.4. The van der Waals surface area contributed by atoms with Crippen molar-refractivity contribution in [2.24, 2.45) is 0 Å². The maximum absolute atomic E-state index is 11.4. The van der Waals surface area contributed by atoms with Crippen LogP contribution in [0.25, 0.3) is 10.9 Å². The molecule has 5 heteroatoms. The van der Waals surface area contributed by atoms with E-state index in [1.54, 1.807) is 12.1 Å². The monoisotopic (exact) mass is 290 g/mol. The average molecular weight is 290 g/mol. The predicted molar refractivity (Wildman–Crippen MR) is 83.6 cm³/mol. The van der Waals surface area contributed by atoms with E-state index in [0.717, 1.165) is 13.1 Å². The summed E-state index contributed by atoms with van der Waals surface area (Å²) in [6.45, 7) is 7.78. The third kappa shape index (κ3) is 2.94. The number of likely N-dealkylation sites (N-methyl/N-ethyl adjacent to an activating group) is 1. The summed E-state index contributed by atoms with van der Waals surface area (Å²) < 4.78 is 0. The summed E-state index contributed by atoms with van der Waals surface area (Å²) in [5.74, 6) is 0.00847. The van der Waals surface area contributed by atoms with Crippen molar-refractivity contribution in [1.29, 1.82) is 0 Å². The molecule has 0 bridgehead atoms. The highest BCUT2D eigenvalue weighted by Crippen LogP contribution is 2.31. The molecule has 0 amide bonds. The summed E-state index contributed by atoms with van der Waals surface area (Å²) in [6, 6.07) is 6.20. The Morgan fingerprint density at radius 2 is 1.86 bits per heavy atom. The number of aliphatic hydroxyl groups excluding tert-OH is 1. The summed E-state index contributed by atoms with van der Waals surface area (Å²) in [4.78, 5) is 16.2. The lowest BCUT2D eigenvalue weighted by atomic mass is 9.97. The molecule has 2 rings (SSSR count). The van der Waals surface area contributed by atoms with Crippen molar-refractivity contribution in [3.8, 4) is 5.75 Å². The van der Waals surface area contributed by atoms with Gasteiger partial charge in [-0.3, -0.25) is 9.69 Å². The van der Waals surface area contributed by atoms with Crippen LogP contribution in [0, 0.1) is 0 Å². The molecule has 21 heavy (non-hydrogen) atoms. The molecule has 1 aromatic carbocycles. The Morgan fingerprint density at radius 3 is 2.48 bits per heavy atom. The first-order chi connectivity index (χ1) is 9.99. The van der Waals surface area contributed by atoms with Gasteiger partial charge in [0.25, 0.3) is 0 Å². The minimum absolute atomic E-state index is 0.00847. The van der Waals surface area contributed by atoms with Gasteiger partial charge in [-0.05, 0) is 37.7 Å². The summed E-state index contributed by atoms with van der Waals surface area (Å²) in [5, 5.41) is 21.2. The molecule has 0 spiro atoms. The summed E-state index contributed by atoms with van der Waals surface area (Å²) in [7, 11) is 0. The Kier molecular flexibility index (Phi) is 4.65. The number of aromatic amines is 1. The first-order valence-corrected chi connectivity index (χ1v) is 7.26. The van der Waals surface area contributed by atoms with Crippen LogP contribution in [-0.4, -0.2) is 39.2 Å². The number of nitrogens with one attached hydrogen (secondary N) is 1. The molecule has 0 aliphatic carbocycles. The molecule has 2 atom stereocenters. The van der Waals surface area contributed by atoms with Crippen molar-refractivity contribution >= 4 is 10.9 Å². The maximum Gasteiger partial charge on any atom is 0.248 e. The lowest BCUT2D eigenvalue weighted by Gasteiger charge is -2.31. The molecule has 2 aromatic rings. The fourth-order valence-corrected chi connectivity index (χ4v) is 2.78. The molecule has 3 N–H and O–H groups in total. The summed E-state index contributed by atoms with van der Waals surface area (Å²) in [6.07, 6.45) is -0.695. The Labute approximate surface area is 123 Å². The number of aromatic nitrogens is 1. The second-order valence-electron chi connectivity index (χ2n) is 5.19. The number of hydrogen-bond donors (Lipinski definition) is 3. The van der Waals surface area contributed by atoms with E-state index in [0.29, 0.717) is 16.5 Å². The smallest absolute Gasteiger partial charge is 0.248 e. The van der Waals surface area contributed by atoms with E-state index in [-0.39, 0.29) is 17.4 Å². The fraction of sp³-hybridized carbons (Fsp3) is 0.438. The van der Waals surface area contributed by atoms with E-state index in [9.17, 15) is 15.0 Å². The highest BCUT2D eigenvalue weighted by Gasteiger charge is 2.23. The Morgan fingerprint density at radius 1 is 1.19 bits per heavy atom. The van der Waals surface area contributed by atoms with Crippen molar-refractivity contribution in [3.05, 3.63) is 40.2 Å².